The molecule has 0 amide bonds. The number of fused-ring (bicyclic) bond motifs is 7. The quantitative estimate of drug-likeness (QED) is 0.153. The van der Waals surface area contributed by atoms with Gasteiger partial charge < -0.3 is 4.57 Å². The average molecular weight is 868 g/mol. The lowest BCUT2D eigenvalue weighted by Crippen LogP contribution is -2.07. The lowest BCUT2D eigenvalue weighted by molar-refractivity contribution is 0.953. The van der Waals surface area contributed by atoms with E-state index >= 15 is 0 Å². The number of hydrogen-bond acceptors (Lipinski definition) is 3. The Hall–Kier alpha value is -9.19. The smallest absolute Gasteiger partial charge is 0.238 e. The molecule has 0 unspecified atom stereocenters. The van der Waals surface area contributed by atoms with Crippen LogP contribution in [-0.4, -0.2) is 24.1 Å². The Morgan fingerprint density at radius 1 is 0.265 bits per heavy atom. The molecule has 3 heterocycles. The summed E-state index contributed by atoms with van der Waals surface area (Å²) in [4.78, 5) is 16.4. The van der Waals surface area contributed by atoms with Crippen LogP contribution in [0.15, 0.2) is 249 Å². The van der Waals surface area contributed by atoms with Gasteiger partial charge in [-0.05, 0) is 93.0 Å². The van der Waals surface area contributed by atoms with E-state index in [1.807, 2.05) is 6.07 Å². The molecule has 0 aliphatic rings. The van der Waals surface area contributed by atoms with Crippen LogP contribution in [0.1, 0.15) is 0 Å². The molecule has 0 spiro atoms. The molecular formula is C63H41N5. The first kappa shape index (κ1) is 39.2. The highest BCUT2D eigenvalue weighted by molar-refractivity contribution is 6.28. The Balaban J connectivity index is 1.12. The van der Waals surface area contributed by atoms with E-state index in [4.69, 9.17) is 15.0 Å². The van der Waals surface area contributed by atoms with Crippen molar-refractivity contribution in [1.29, 1.82) is 0 Å². The Morgan fingerprint density at radius 3 is 1.24 bits per heavy atom. The molecule has 5 nitrogen and oxygen atoms in total. The third-order valence-corrected chi connectivity index (χ3v) is 13.1. The van der Waals surface area contributed by atoms with Gasteiger partial charge in [0.05, 0.1) is 22.1 Å². The minimum atomic E-state index is 0.538. The number of aromatic nitrogens is 5. The van der Waals surface area contributed by atoms with Crippen molar-refractivity contribution in [3.8, 4) is 78.9 Å². The van der Waals surface area contributed by atoms with Crippen molar-refractivity contribution in [1.82, 2.24) is 24.1 Å². The van der Waals surface area contributed by atoms with Gasteiger partial charge in [-0.3, -0.25) is 4.57 Å². The molecule has 318 valence electrons. The molecule has 3 aromatic heterocycles. The highest BCUT2D eigenvalue weighted by Crippen LogP contribution is 2.46. The minimum Gasteiger partial charge on any atom is -0.307 e. The number of hydrogen-bond donors (Lipinski definition) is 0. The van der Waals surface area contributed by atoms with Crippen molar-refractivity contribution < 1.29 is 0 Å². The first-order valence-corrected chi connectivity index (χ1v) is 23.0. The van der Waals surface area contributed by atoms with Gasteiger partial charge in [-0.2, -0.15) is 9.97 Å². The van der Waals surface area contributed by atoms with Gasteiger partial charge >= 0.3 is 0 Å². The molecule has 0 atom stereocenters. The van der Waals surface area contributed by atoms with Crippen LogP contribution in [0, 0.1) is 0 Å². The van der Waals surface area contributed by atoms with E-state index in [1.165, 1.54) is 21.9 Å². The van der Waals surface area contributed by atoms with E-state index in [0.717, 1.165) is 83.0 Å². The summed E-state index contributed by atoms with van der Waals surface area (Å²) >= 11 is 0. The standard InChI is InChI=1S/C63H41N5/c1-5-20-42(21-6-1)45-26-17-28-47(38-45)48-29-19-31-50(40-48)62-64-61(49-30-18-27-46(39-49)43-22-7-2-8-23-43)65-63(66-62)68-56-36-15-13-34-52(56)55-41-54(44-24-9-3-10-25-44)58-53-35-14-16-37-57(53)67(60(58)59(55)68)51-32-11-4-12-33-51/h1-41H. The highest BCUT2D eigenvalue weighted by Gasteiger charge is 2.26. The second kappa shape index (κ2) is 16.4. The van der Waals surface area contributed by atoms with Crippen LogP contribution in [0.2, 0.25) is 0 Å². The van der Waals surface area contributed by atoms with Gasteiger partial charge in [-0.1, -0.05) is 200 Å². The zero-order valence-corrected chi connectivity index (χ0v) is 36.9. The topological polar surface area (TPSA) is 48.5 Å². The van der Waals surface area contributed by atoms with Gasteiger partial charge in [0.2, 0.25) is 5.95 Å². The largest absolute Gasteiger partial charge is 0.307 e. The van der Waals surface area contributed by atoms with Crippen molar-refractivity contribution in [2.24, 2.45) is 0 Å². The molecule has 0 aliphatic heterocycles. The molecule has 13 rings (SSSR count). The second-order valence-corrected chi connectivity index (χ2v) is 17.2. The fourth-order valence-corrected chi connectivity index (χ4v) is 10.0. The van der Waals surface area contributed by atoms with E-state index in [9.17, 15) is 0 Å². The van der Waals surface area contributed by atoms with Gasteiger partial charge in [0.15, 0.2) is 11.6 Å². The van der Waals surface area contributed by atoms with Crippen molar-refractivity contribution in [2.75, 3.05) is 0 Å². The monoisotopic (exact) mass is 867 g/mol. The van der Waals surface area contributed by atoms with Crippen molar-refractivity contribution in [3.05, 3.63) is 249 Å². The molecule has 0 saturated heterocycles. The molecule has 10 aromatic carbocycles. The molecule has 13 aromatic rings. The van der Waals surface area contributed by atoms with Gasteiger partial charge in [-0.25, -0.2) is 4.98 Å². The summed E-state index contributed by atoms with van der Waals surface area (Å²) in [7, 11) is 0. The lowest BCUT2D eigenvalue weighted by Gasteiger charge is -2.15. The third-order valence-electron chi connectivity index (χ3n) is 13.1. The van der Waals surface area contributed by atoms with Gasteiger partial charge in [0.1, 0.15) is 0 Å². The molecule has 0 bridgehead atoms. The number of para-hydroxylation sites is 3. The molecule has 5 heteroatoms. The number of rotatable bonds is 8. The van der Waals surface area contributed by atoms with Crippen LogP contribution >= 0.6 is 0 Å². The summed E-state index contributed by atoms with van der Waals surface area (Å²) in [5.74, 6) is 1.71. The molecule has 68 heavy (non-hydrogen) atoms. The molecule has 0 saturated carbocycles. The van der Waals surface area contributed by atoms with Crippen LogP contribution in [0.5, 0.6) is 0 Å². The zero-order chi connectivity index (χ0) is 45.0. The molecule has 0 fully saturated rings. The fourth-order valence-electron chi connectivity index (χ4n) is 10.0. The Labute approximate surface area is 393 Å². The zero-order valence-electron chi connectivity index (χ0n) is 36.9. The van der Waals surface area contributed by atoms with Gasteiger partial charge in [-0.15, -0.1) is 0 Å². The predicted octanol–water partition coefficient (Wildman–Crippen LogP) is 16.1. The summed E-state index contributed by atoms with van der Waals surface area (Å²) in [6, 6.07) is 88.1. The van der Waals surface area contributed by atoms with Gasteiger partial charge in [0, 0.05) is 38.4 Å². The first-order valence-electron chi connectivity index (χ1n) is 23.0. The van der Waals surface area contributed by atoms with Crippen molar-refractivity contribution in [2.45, 2.75) is 0 Å². The first-order chi connectivity index (χ1) is 33.7. The van der Waals surface area contributed by atoms with E-state index in [-0.39, 0.29) is 0 Å². The normalized spacial score (nSPS) is 11.5. The predicted molar refractivity (Wildman–Crippen MR) is 281 cm³/mol. The van der Waals surface area contributed by atoms with E-state index in [2.05, 4.69) is 252 Å². The van der Waals surface area contributed by atoms with E-state index in [0.29, 0.717) is 17.6 Å². The van der Waals surface area contributed by atoms with Crippen molar-refractivity contribution >= 4 is 43.6 Å². The maximum Gasteiger partial charge on any atom is 0.238 e. The summed E-state index contributed by atoms with van der Waals surface area (Å²) in [6.45, 7) is 0. The van der Waals surface area contributed by atoms with Crippen molar-refractivity contribution in [3.63, 3.8) is 0 Å². The molecule has 0 aliphatic carbocycles. The van der Waals surface area contributed by atoms with E-state index in [1.54, 1.807) is 0 Å². The Bertz CT molecular complexity index is 4010. The van der Waals surface area contributed by atoms with Crippen LogP contribution in [0.4, 0.5) is 0 Å². The van der Waals surface area contributed by atoms with Crippen LogP contribution in [-0.2, 0) is 0 Å². The molecular weight excluding hydrogens is 827 g/mol. The Morgan fingerprint density at radius 2 is 0.676 bits per heavy atom. The third kappa shape index (κ3) is 6.68. The SMILES string of the molecule is c1ccc(-c2cccc(-c3cccc(-c4nc(-c5cccc(-c6ccccc6)c5)nc(-n5c6ccccc6c6cc(-c7ccccc7)c7c8ccccc8n(-c8ccccc8)c7c65)n4)c3)c2)cc1. The Kier molecular flexibility index (Phi) is 9.43. The maximum absolute atomic E-state index is 5.53. The summed E-state index contributed by atoms with van der Waals surface area (Å²) in [6.07, 6.45) is 0. The maximum atomic E-state index is 5.53. The highest BCUT2D eigenvalue weighted by atomic mass is 15.2. The number of benzene rings is 10. The van der Waals surface area contributed by atoms with Gasteiger partial charge in [0.25, 0.3) is 0 Å². The minimum absolute atomic E-state index is 0.538. The molecule has 0 radical (unpaired) electrons. The molecule has 0 N–H and O–H groups in total. The van der Waals surface area contributed by atoms with E-state index < -0.39 is 0 Å². The van der Waals surface area contributed by atoms with Crippen LogP contribution in [0.25, 0.3) is 123 Å². The second-order valence-electron chi connectivity index (χ2n) is 17.2. The summed E-state index contributed by atoms with van der Waals surface area (Å²) < 4.78 is 4.71. The average Bonchev–Trinajstić information content (AvgIpc) is 3.95. The van der Waals surface area contributed by atoms with Crippen LogP contribution < -0.4 is 0 Å². The number of nitrogens with zero attached hydrogens (tertiary/aromatic N) is 5. The summed E-state index contributed by atoms with van der Waals surface area (Å²) in [5.41, 5.74) is 16.2. The van der Waals surface area contributed by atoms with Crippen LogP contribution in [0.3, 0.4) is 0 Å². The summed E-state index contributed by atoms with van der Waals surface area (Å²) in [5, 5.41) is 4.57. The lowest BCUT2D eigenvalue weighted by atomic mass is 9.96. The fraction of sp³-hybridized carbons (Fsp3) is 0.